The molecule has 0 amide bonds. The first kappa shape index (κ1) is 20.4. The third-order valence-electron chi connectivity index (χ3n) is 2.30. The molecule has 0 aliphatic carbocycles. The summed E-state index contributed by atoms with van der Waals surface area (Å²) in [6, 6.07) is 0. The largest absolute Gasteiger partial charge is 0.379 e. The number of thioether (sulfide) groups is 2. The molecule has 0 unspecified atom stereocenters. The van der Waals surface area contributed by atoms with E-state index in [-0.39, 0.29) is 27.3 Å². The van der Waals surface area contributed by atoms with Crippen LogP contribution in [0.1, 0.15) is 44.9 Å². The van der Waals surface area contributed by atoms with Gasteiger partial charge >= 0.3 is 0 Å². The first-order valence-corrected chi connectivity index (χ1v) is 8.03. The van der Waals surface area contributed by atoms with Gasteiger partial charge in [0.25, 0.3) is 0 Å². The van der Waals surface area contributed by atoms with Crippen molar-refractivity contribution < 1.29 is 0 Å². The first-order valence-electron chi connectivity index (χ1n) is 6.06. The molecule has 0 saturated carbocycles. The molecule has 0 atom stereocenters. The summed E-state index contributed by atoms with van der Waals surface area (Å²) in [5.41, 5.74) is 10.5. The highest BCUT2D eigenvalue weighted by Gasteiger charge is 1.95. The van der Waals surface area contributed by atoms with E-state index >= 15 is 0 Å². The Bertz CT molecular complexity index is 205. The fraction of sp³-hybridized carbons (Fsp3) is 0.818. The zero-order valence-electron chi connectivity index (χ0n) is 10.7. The summed E-state index contributed by atoms with van der Waals surface area (Å²) in [4.78, 5) is 0. The lowest BCUT2D eigenvalue weighted by atomic mass is 10.1. The highest BCUT2D eigenvalue weighted by Crippen LogP contribution is 2.11. The van der Waals surface area contributed by atoms with E-state index in [9.17, 15) is 0 Å². The lowest BCUT2D eigenvalue weighted by Gasteiger charge is -2.02. The number of amidine groups is 2. The average Bonchev–Trinajstić information content (AvgIpc) is 2.25. The summed E-state index contributed by atoms with van der Waals surface area (Å²) in [5, 5.41) is 14.6. The van der Waals surface area contributed by atoms with Gasteiger partial charge < -0.3 is 11.5 Å². The van der Waals surface area contributed by atoms with Gasteiger partial charge in [-0.2, -0.15) is 0 Å². The van der Waals surface area contributed by atoms with Crippen LogP contribution in [0.15, 0.2) is 0 Å². The van der Waals surface area contributed by atoms with E-state index < -0.39 is 0 Å². The number of unbranched alkanes of at least 4 members (excludes halogenated alkanes) is 6. The molecular formula is C11H25BrN4S2. The second-order valence-electron chi connectivity index (χ2n) is 3.90. The van der Waals surface area contributed by atoms with Gasteiger partial charge in [0.2, 0.25) is 0 Å². The number of nitrogens with one attached hydrogen (secondary N) is 2. The van der Waals surface area contributed by atoms with Crippen molar-refractivity contribution in [1.29, 1.82) is 10.8 Å². The number of hydrogen-bond acceptors (Lipinski definition) is 4. The van der Waals surface area contributed by atoms with E-state index in [1.807, 2.05) is 0 Å². The molecule has 0 aromatic carbocycles. The van der Waals surface area contributed by atoms with Crippen molar-refractivity contribution in [2.45, 2.75) is 44.9 Å². The number of rotatable bonds is 10. The highest BCUT2D eigenvalue weighted by molar-refractivity contribution is 8.93. The molecule has 0 fully saturated rings. The molecule has 18 heavy (non-hydrogen) atoms. The Morgan fingerprint density at radius 3 is 1.22 bits per heavy atom. The predicted molar refractivity (Wildman–Crippen MR) is 91.4 cm³/mol. The van der Waals surface area contributed by atoms with Crippen molar-refractivity contribution in [2.24, 2.45) is 11.5 Å². The lowest BCUT2D eigenvalue weighted by molar-refractivity contribution is 0.605. The SMILES string of the molecule is Br.N=C(N)SCCCCCCCCCSC(=N)N. The van der Waals surface area contributed by atoms with Crippen LogP contribution in [-0.2, 0) is 0 Å². The van der Waals surface area contributed by atoms with Crippen LogP contribution in [0.25, 0.3) is 0 Å². The summed E-state index contributed by atoms with van der Waals surface area (Å²) in [7, 11) is 0. The third-order valence-corrected chi connectivity index (χ3v) is 3.91. The summed E-state index contributed by atoms with van der Waals surface area (Å²) in [6.07, 6.45) is 8.63. The highest BCUT2D eigenvalue weighted by atomic mass is 79.9. The van der Waals surface area contributed by atoms with Crippen molar-refractivity contribution in [1.82, 2.24) is 0 Å². The number of hydrogen-bond donors (Lipinski definition) is 4. The minimum atomic E-state index is 0. The summed E-state index contributed by atoms with van der Waals surface area (Å²) in [6.45, 7) is 0. The van der Waals surface area contributed by atoms with Gasteiger partial charge in [0.1, 0.15) is 0 Å². The van der Waals surface area contributed by atoms with E-state index in [0.717, 1.165) is 24.3 Å². The van der Waals surface area contributed by atoms with Crippen LogP contribution in [0, 0.1) is 10.8 Å². The monoisotopic (exact) mass is 356 g/mol. The Balaban J connectivity index is 0. The topological polar surface area (TPSA) is 99.7 Å². The molecule has 0 rings (SSSR count). The van der Waals surface area contributed by atoms with Gasteiger partial charge in [-0.25, -0.2) is 0 Å². The normalized spacial score (nSPS) is 9.78. The summed E-state index contributed by atoms with van der Waals surface area (Å²) >= 11 is 2.87. The molecule has 0 spiro atoms. The van der Waals surface area contributed by atoms with Crippen LogP contribution in [0.3, 0.4) is 0 Å². The summed E-state index contributed by atoms with van der Waals surface area (Å²) in [5.74, 6) is 1.95. The Hall–Kier alpha value is 0.120. The van der Waals surface area contributed by atoms with Crippen LogP contribution in [0.5, 0.6) is 0 Å². The Kier molecular flexibility index (Phi) is 17.2. The Morgan fingerprint density at radius 1 is 0.667 bits per heavy atom. The van der Waals surface area contributed by atoms with Gasteiger partial charge in [0.15, 0.2) is 10.3 Å². The molecule has 0 heterocycles. The minimum Gasteiger partial charge on any atom is -0.379 e. The van der Waals surface area contributed by atoms with E-state index in [2.05, 4.69) is 0 Å². The first-order chi connectivity index (χ1) is 8.13. The van der Waals surface area contributed by atoms with E-state index in [1.54, 1.807) is 0 Å². The van der Waals surface area contributed by atoms with Crippen LogP contribution in [0.2, 0.25) is 0 Å². The smallest absolute Gasteiger partial charge is 0.151 e. The van der Waals surface area contributed by atoms with E-state index in [0.29, 0.717) is 0 Å². The van der Waals surface area contributed by atoms with E-state index in [1.165, 1.54) is 55.6 Å². The quantitative estimate of drug-likeness (QED) is 0.273. The second kappa shape index (κ2) is 15.2. The van der Waals surface area contributed by atoms with Gasteiger partial charge in [-0.3, -0.25) is 10.8 Å². The maximum atomic E-state index is 7.05. The molecule has 0 radical (unpaired) electrons. The maximum Gasteiger partial charge on any atom is 0.151 e. The molecule has 6 N–H and O–H groups in total. The van der Waals surface area contributed by atoms with Crippen molar-refractivity contribution in [3.63, 3.8) is 0 Å². The predicted octanol–water partition coefficient (Wildman–Crippen LogP) is 3.55. The Morgan fingerprint density at radius 2 is 0.944 bits per heavy atom. The molecule has 0 aliphatic heterocycles. The minimum absolute atomic E-state index is 0. The molecule has 0 aromatic heterocycles. The van der Waals surface area contributed by atoms with Crippen LogP contribution >= 0.6 is 40.5 Å². The fourth-order valence-corrected chi connectivity index (χ4v) is 2.59. The molecule has 7 heteroatoms. The van der Waals surface area contributed by atoms with Gasteiger partial charge in [-0.05, 0) is 12.8 Å². The third kappa shape index (κ3) is 18.5. The molecular weight excluding hydrogens is 332 g/mol. The van der Waals surface area contributed by atoms with Gasteiger partial charge in [-0.15, -0.1) is 17.0 Å². The van der Waals surface area contributed by atoms with E-state index in [4.69, 9.17) is 22.3 Å². The standard InChI is InChI=1S/C11H24N4S2.BrH/c12-10(13)16-8-6-4-2-1-3-5-7-9-17-11(14)15;/h1-9H2,(H3,12,13)(H3,14,15);1H. The van der Waals surface area contributed by atoms with Crippen molar-refractivity contribution in [2.75, 3.05) is 11.5 Å². The average molecular weight is 357 g/mol. The zero-order chi connectivity index (χ0) is 12.9. The van der Waals surface area contributed by atoms with Crippen LogP contribution in [-0.4, -0.2) is 21.8 Å². The second-order valence-corrected chi connectivity index (χ2v) is 6.17. The van der Waals surface area contributed by atoms with Gasteiger partial charge in [0.05, 0.1) is 0 Å². The lowest BCUT2D eigenvalue weighted by Crippen LogP contribution is -2.04. The molecule has 0 saturated heterocycles. The van der Waals surface area contributed by atoms with Gasteiger partial charge in [0, 0.05) is 11.5 Å². The maximum absolute atomic E-state index is 7.05. The summed E-state index contributed by atoms with van der Waals surface area (Å²) < 4.78 is 0. The van der Waals surface area contributed by atoms with Crippen molar-refractivity contribution in [3.8, 4) is 0 Å². The molecule has 4 nitrogen and oxygen atoms in total. The molecule has 108 valence electrons. The van der Waals surface area contributed by atoms with Gasteiger partial charge in [-0.1, -0.05) is 55.6 Å². The molecule has 0 bridgehead atoms. The Labute approximate surface area is 129 Å². The molecule has 0 aliphatic rings. The zero-order valence-corrected chi connectivity index (χ0v) is 14.1. The molecule has 0 aromatic rings. The van der Waals surface area contributed by atoms with Crippen LogP contribution < -0.4 is 11.5 Å². The van der Waals surface area contributed by atoms with Crippen LogP contribution in [0.4, 0.5) is 0 Å². The van der Waals surface area contributed by atoms with Crippen molar-refractivity contribution in [3.05, 3.63) is 0 Å². The number of nitrogens with two attached hydrogens (primary N) is 2. The fourth-order valence-electron chi connectivity index (χ4n) is 1.45. The van der Waals surface area contributed by atoms with Crippen molar-refractivity contribution >= 4 is 50.8 Å². The number of halogens is 1.